The van der Waals surface area contributed by atoms with Crippen LogP contribution in [0.15, 0.2) is 195 Å². The second-order valence-electron chi connectivity index (χ2n) is 24.0. The Morgan fingerprint density at radius 2 is 0.570 bits per heavy atom. The van der Waals surface area contributed by atoms with Crippen LogP contribution in [-0.4, -0.2) is 9.97 Å². The third-order valence-corrected chi connectivity index (χ3v) is 17.3. The summed E-state index contributed by atoms with van der Waals surface area (Å²) < 4.78 is 0. The van der Waals surface area contributed by atoms with E-state index in [0.29, 0.717) is 0 Å². The molecule has 0 aliphatic heterocycles. The maximum atomic E-state index is 4.52. The summed E-state index contributed by atoms with van der Waals surface area (Å²) in [5.74, 6) is 0. The van der Waals surface area contributed by atoms with Crippen LogP contribution in [-0.2, 0) is 16.2 Å². The molecule has 4 heteroatoms. The van der Waals surface area contributed by atoms with E-state index in [1.807, 2.05) is 36.9 Å². The molecule has 2 aromatic heterocycles. The highest BCUT2D eigenvalue weighted by atomic mass is 15.2. The molecule has 0 amide bonds. The van der Waals surface area contributed by atoms with Crippen LogP contribution in [0.3, 0.4) is 0 Å². The van der Waals surface area contributed by atoms with Crippen LogP contribution in [0.5, 0.6) is 0 Å². The minimum absolute atomic E-state index is 0.154. The van der Waals surface area contributed by atoms with Gasteiger partial charge in [-0.1, -0.05) is 163 Å². The number of fused-ring (bicyclic) bond motifs is 9. The van der Waals surface area contributed by atoms with Gasteiger partial charge < -0.3 is 9.80 Å². The van der Waals surface area contributed by atoms with Crippen molar-refractivity contribution in [2.75, 3.05) is 9.80 Å². The van der Waals surface area contributed by atoms with Gasteiger partial charge in [0.1, 0.15) is 0 Å². The molecule has 0 spiro atoms. The highest BCUT2D eigenvalue weighted by Crippen LogP contribution is 2.54. The number of aryl methyl sites for hydroxylation is 4. The predicted molar refractivity (Wildman–Crippen MR) is 334 cm³/mol. The average molecular weight is 1020 g/mol. The van der Waals surface area contributed by atoms with E-state index in [-0.39, 0.29) is 16.2 Å². The number of hydrogen-bond acceptors (Lipinski definition) is 4. The standard InChI is InChI=1S/C75H66N4/c1-47-33-48(2)36-59(35-47)78(57-13-11-31-76-45-57)55-23-29-65-63-27-21-53(41-69(63)74(7,8)71(65)43-55)17-15-51-19-25-61-62-26-20-52(40-68(62)73(5,6)67(61)39-51)16-18-54-22-28-64-66-30-24-56(44-72(66)75(9,10)70(64)42-54)79(58-14-12-32-77-46-58)60-37-49(3)34-50(4)38-60/h11-46H,1-10H3/b17-15+,18-16+. The number of pyridine rings is 2. The quantitative estimate of drug-likeness (QED) is 0.128. The zero-order valence-electron chi connectivity index (χ0n) is 47.1. The molecule has 3 aliphatic rings. The van der Waals surface area contributed by atoms with Crippen LogP contribution in [0.25, 0.3) is 57.7 Å². The first-order valence-electron chi connectivity index (χ1n) is 27.8. The molecule has 0 radical (unpaired) electrons. The Labute approximate surface area is 467 Å². The Hall–Kier alpha value is -8.86. The van der Waals surface area contributed by atoms with E-state index in [1.165, 1.54) is 111 Å². The number of nitrogens with zero attached hydrogens (tertiary/aromatic N) is 4. The minimum Gasteiger partial charge on any atom is -0.309 e. The highest BCUT2D eigenvalue weighted by Gasteiger charge is 2.39. The number of anilines is 6. The molecule has 0 N–H and O–H groups in total. The fourth-order valence-electron chi connectivity index (χ4n) is 13.4. The second kappa shape index (κ2) is 18.7. The molecule has 0 atom stereocenters. The zero-order chi connectivity index (χ0) is 54.5. The first-order valence-corrected chi connectivity index (χ1v) is 27.8. The van der Waals surface area contributed by atoms with Crippen LogP contribution in [0, 0.1) is 27.7 Å². The van der Waals surface area contributed by atoms with Crippen LogP contribution in [0.2, 0.25) is 0 Å². The molecule has 3 aliphatic carbocycles. The van der Waals surface area contributed by atoms with Crippen molar-refractivity contribution in [1.29, 1.82) is 0 Å². The summed E-state index contributed by atoms with van der Waals surface area (Å²) in [5, 5.41) is 0. The van der Waals surface area contributed by atoms with E-state index in [2.05, 4.69) is 271 Å². The van der Waals surface area contributed by atoms with Crippen molar-refractivity contribution >= 4 is 58.4 Å². The summed E-state index contributed by atoms with van der Waals surface area (Å²) in [4.78, 5) is 13.7. The van der Waals surface area contributed by atoms with Crippen molar-refractivity contribution in [2.45, 2.75) is 85.5 Å². The summed E-state index contributed by atoms with van der Waals surface area (Å²) in [7, 11) is 0. The van der Waals surface area contributed by atoms with Gasteiger partial charge in [0.2, 0.25) is 0 Å². The molecule has 0 saturated heterocycles. The average Bonchev–Trinajstić information content (AvgIpc) is 4.01. The molecule has 4 nitrogen and oxygen atoms in total. The Kier molecular flexibility index (Phi) is 11.7. The number of benzene rings is 8. The van der Waals surface area contributed by atoms with E-state index >= 15 is 0 Å². The summed E-state index contributed by atoms with van der Waals surface area (Å²) in [6.45, 7) is 22.9. The van der Waals surface area contributed by atoms with Crippen LogP contribution in [0.1, 0.15) is 119 Å². The molecule has 2 heterocycles. The summed E-state index contributed by atoms with van der Waals surface area (Å²) in [6, 6.07) is 63.8. The second-order valence-corrected chi connectivity index (χ2v) is 24.0. The van der Waals surface area contributed by atoms with Crippen molar-refractivity contribution in [3.8, 4) is 33.4 Å². The molecule has 0 saturated carbocycles. The number of aromatic nitrogens is 2. The lowest BCUT2D eigenvalue weighted by Crippen LogP contribution is -2.17. The van der Waals surface area contributed by atoms with Crippen molar-refractivity contribution in [3.05, 3.63) is 273 Å². The summed E-state index contributed by atoms with van der Waals surface area (Å²) in [6.07, 6.45) is 16.7. The van der Waals surface area contributed by atoms with Gasteiger partial charge in [-0.25, -0.2) is 0 Å². The highest BCUT2D eigenvalue weighted by molar-refractivity contribution is 5.90. The predicted octanol–water partition coefficient (Wildman–Crippen LogP) is 19.9. The lowest BCUT2D eigenvalue weighted by molar-refractivity contribution is 0.660. The van der Waals surface area contributed by atoms with Gasteiger partial charge in [-0.3, -0.25) is 9.97 Å². The van der Waals surface area contributed by atoms with Crippen molar-refractivity contribution in [3.63, 3.8) is 0 Å². The largest absolute Gasteiger partial charge is 0.309 e. The normalized spacial score (nSPS) is 14.7. The minimum atomic E-state index is -0.187. The molecule has 8 aromatic carbocycles. The third kappa shape index (κ3) is 8.53. The van der Waals surface area contributed by atoms with E-state index in [4.69, 9.17) is 0 Å². The SMILES string of the molecule is Cc1cc(C)cc(N(c2cccnc2)c2ccc3c(c2)C(C)(C)c2cc(/C=C/c4ccc5c(c4)C(C)(C)c4cc(/C=C/c6ccc7c(c6)C(C)(C)c6cc(N(c8cccnc8)c8cc(C)cc(C)c8)ccc6-7)ccc4-5)ccc2-3)c1. The Bertz CT molecular complexity index is 3850. The van der Waals surface area contributed by atoms with E-state index in [9.17, 15) is 0 Å². The van der Waals surface area contributed by atoms with Gasteiger partial charge in [-0.05, 0) is 212 Å². The van der Waals surface area contributed by atoms with Gasteiger partial charge in [-0.15, -0.1) is 0 Å². The van der Waals surface area contributed by atoms with Crippen molar-refractivity contribution < 1.29 is 0 Å². The number of hydrogen-bond donors (Lipinski definition) is 0. The maximum absolute atomic E-state index is 4.52. The molecular weight excluding hydrogens is 957 g/mol. The topological polar surface area (TPSA) is 32.3 Å². The molecule has 0 fully saturated rings. The van der Waals surface area contributed by atoms with Crippen LogP contribution < -0.4 is 9.80 Å². The zero-order valence-corrected chi connectivity index (χ0v) is 47.1. The Morgan fingerprint density at radius 3 is 0.848 bits per heavy atom. The monoisotopic (exact) mass is 1020 g/mol. The first kappa shape index (κ1) is 49.7. The van der Waals surface area contributed by atoms with Gasteiger partial charge >= 0.3 is 0 Å². The first-order chi connectivity index (χ1) is 38.0. The molecule has 0 bridgehead atoms. The Balaban J connectivity index is 0.733. The van der Waals surface area contributed by atoms with Crippen LogP contribution in [0.4, 0.5) is 34.1 Å². The summed E-state index contributed by atoms with van der Waals surface area (Å²) in [5.41, 5.74) is 31.9. The van der Waals surface area contributed by atoms with Crippen LogP contribution >= 0.6 is 0 Å². The summed E-state index contributed by atoms with van der Waals surface area (Å²) >= 11 is 0. The lowest BCUT2D eigenvalue weighted by Gasteiger charge is -2.28. The molecule has 79 heavy (non-hydrogen) atoms. The smallest absolute Gasteiger partial charge is 0.0644 e. The fourth-order valence-corrected chi connectivity index (χ4v) is 13.4. The molecule has 10 aromatic rings. The lowest BCUT2D eigenvalue weighted by atomic mass is 9.81. The maximum Gasteiger partial charge on any atom is 0.0644 e. The molecule has 13 rings (SSSR count). The van der Waals surface area contributed by atoms with Gasteiger partial charge in [0.15, 0.2) is 0 Å². The van der Waals surface area contributed by atoms with E-state index in [1.54, 1.807) is 0 Å². The van der Waals surface area contributed by atoms with Gasteiger partial charge in [0, 0.05) is 51.4 Å². The molecule has 386 valence electrons. The van der Waals surface area contributed by atoms with Crippen molar-refractivity contribution in [2.24, 2.45) is 0 Å². The molecule has 0 unspecified atom stereocenters. The number of rotatable bonds is 10. The van der Waals surface area contributed by atoms with Gasteiger partial charge in [0.05, 0.1) is 23.8 Å². The van der Waals surface area contributed by atoms with E-state index < -0.39 is 0 Å². The molecular formula is C75H66N4. The Morgan fingerprint density at radius 1 is 0.291 bits per heavy atom. The third-order valence-electron chi connectivity index (χ3n) is 17.3. The van der Waals surface area contributed by atoms with Gasteiger partial charge in [-0.2, -0.15) is 0 Å². The fraction of sp³-hybridized carbons (Fsp3) is 0.173. The van der Waals surface area contributed by atoms with Gasteiger partial charge in [0.25, 0.3) is 0 Å². The van der Waals surface area contributed by atoms with E-state index in [0.717, 1.165) is 34.1 Å². The van der Waals surface area contributed by atoms with Crippen molar-refractivity contribution in [1.82, 2.24) is 9.97 Å².